The second kappa shape index (κ2) is 10.5. The molecule has 0 amide bonds. The van der Waals surface area contributed by atoms with Crippen LogP contribution in [0.1, 0.15) is 47.5 Å². The largest absolute Gasteiger partial charge is 0.458 e. The van der Waals surface area contributed by atoms with Gasteiger partial charge in [-0.3, -0.25) is 9.59 Å². The van der Waals surface area contributed by atoms with Crippen molar-refractivity contribution in [2.45, 2.75) is 71.4 Å². The molecule has 0 aromatic rings. The summed E-state index contributed by atoms with van der Waals surface area (Å²) in [5, 5.41) is 21.0. The minimum Gasteiger partial charge on any atom is -0.458 e. The number of esters is 3. The van der Waals surface area contributed by atoms with Gasteiger partial charge in [-0.2, -0.15) is 0 Å². The molecule has 9 nitrogen and oxygen atoms in total. The molecule has 0 aromatic carbocycles. The van der Waals surface area contributed by atoms with Crippen LogP contribution >= 0.6 is 0 Å². The predicted octanol–water partition coefficient (Wildman–Crippen LogP) is 2.12. The number of fused-ring (bicyclic) bond motifs is 3. The van der Waals surface area contributed by atoms with E-state index in [9.17, 15) is 29.4 Å². The van der Waals surface area contributed by atoms with Crippen LogP contribution in [0.4, 0.5) is 0 Å². The number of allylic oxidation sites excluding steroid dienone is 2. The van der Waals surface area contributed by atoms with Crippen LogP contribution in [-0.4, -0.2) is 64.4 Å². The highest BCUT2D eigenvalue weighted by Gasteiger charge is 2.61. The lowest BCUT2D eigenvalue weighted by Crippen LogP contribution is -2.46. The van der Waals surface area contributed by atoms with Crippen molar-refractivity contribution >= 4 is 23.7 Å². The van der Waals surface area contributed by atoms with E-state index in [-0.39, 0.29) is 29.6 Å². The van der Waals surface area contributed by atoms with Gasteiger partial charge in [-0.05, 0) is 33.8 Å². The molecule has 2 N–H and O–H groups in total. The van der Waals surface area contributed by atoms with Crippen LogP contribution in [0.5, 0.6) is 0 Å². The van der Waals surface area contributed by atoms with E-state index in [1.54, 1.807) is 26.8 Å². The molecular formula is C27H34O9. The molecule has 0 aromatic heterocycles. The quantitative estimate of drug-likeness (QED) is 0.232. The Morgan fingerprint density at radius 2 is 1.83 bits per heavy atom. The number of hydrogen-bond acceptors (Lipinski definition) is 9. The third-order valence-electron chi connectivity index (χ3n) is 7.44. The van der Waals surface area contributed by atoms with Crippen molar-refractivity contribution in [2.75, 3.05) is 6.61 Å². The third-order valence-corrected chi connectivity index (χ3v) is 7.44. The minimum atomic E-state index is -1.47. The van der Waals surface area contributed by atoms with Crippen LogP contribution in [-0.2, 0) is 33.4 Å². The highest BCUT2D eigenvalue weighted by atomic mass is 16.6. The molecule has 0 bridgehead atoms. The zero-order chi connectivity index (χ0) is 26.9. The molecule has 7 atom stereocenters. The van der Waals surface area contributed by atoms with Gasteiger partial charge in [-0.15, -0.1) is 0 Å². The van der Waals surface area contributed by atoms with E-state index in [0.717, 1.165) is 5.57 Å². The first kappa shape index (κ1) is 27.5. The lowest BCUT2D eigenvalue weighted by Gasteiger charge is -2.37. The van der Waals surface area contributed by atoms with E-state index in [4.69, 9.17) is 14.2 Å². The highest BCUT2D eigenvalue weighted by Crippen LogP contribution is 2.53. The molecule has 1 saturated heterocycles. The second-order valence-corrected chi connectivity index (χ2v) is 9.85. The van der Waals surface area contributed by atoms with Gasteiger partial charge in [0.15, 0.2) is 5.78 Å². The smallest absolute Gasteiger partial charge is 0.334 e. The van der Waals surface area contributed by atoms with E-state index >= 15 is 0 Å². The maximum atomic E-state index is 13.2. The van der Waals surface area contributed by atoms with Crippen LogP contribution in [0.2, 0.25) is 0 Å². The van der Waals surface area contributed by atoms with Crippen molar-refractivity contribution in [3.05, 3.63) is 47.1 Å². The molecule has 3 rings (SSSR count). The summed E-state index contributed by atoms with van der Waals surface area (Å²) in [6, 6.07) is 0. The Morgan fingerprint density at radius 1 is 1.19 bits per heavy atom. The number of carbonyl (C=O) groups excluding carboxylic acids is 4. The highest BCUT2D eigenvalue weighted by molar-refractivity contribution is 6.03. The summed E-state index contributed by atoms with van der Waals surface area (Å²) in [4.78, 5) is 49.9. The Kier molecular flexibility index (Phi) is 8.05. The van der Waals surface area contributed by atoms with E-state index in [2.05, 4.69) is 6.58 Å². The number of aliphatic hydroxyl groups excluding tert-OH is 1. The first-order valence-electron chi connectivity index (χ1n) is 12.0. The summed E-state index contributed by atoms with van der Waals surface area (Å²) in [5.41, 5.74) is -0.291. The molecule has 1 heterocycles. The van der Waals surface area contributed by atoms with Crippen molar-refractivity contribution in [3.63, 3.8) is 0 Å². The average molecular weight is 503 g/mol. The third kappa shape index (κ3) is 5.08. The molecular weight excluding hydrogens is 468 g/mol. The van der Waals surface area contributed by atoms with Crippen LogP contribution in [0.25, 0.3) is 0 Å². The molecule has 2 aliphatic carbocycles. The van der Waals surface area contributed by atoms with Crippen LogP contribution < -0.4 is 0 Å². The van der Waals surface area contributed by atoms with Crippen molar-refractivity contribution in [1.82, 2.24) is 0 Å². The van der Waals surface area contributed by atoms with Gasteiger partial charge in [0.2, 0.25) is 0 Å². The fourth-order valence-electron chi connectivity index (χ4n) is 5.72. The molecule has 9 heteroatoms. The standard InChI is InChI=1S/C27H34O9/c1-7-16(10-18(30)17(8-2)12-28)26(32)35-20-11-27(6,33)23-19(34-15(5)29)9-13(3)21(23)24-22(20)14(4)25(31)36-24/h7-9,19-24,28,33H,4,10-12H2,1-3,5-6H3/t19-,20-,21-,22+,23+,24-,27+/m0/s1. The van der Waals surface area contributed by atoms with Gasteiger partial charge >= 0.3 is 17.9 Å². The van der Waals surface area contributed by atoms with E-state index in [1.165, 1.54) is 19.1 Å². The summed E-state index contributed by atoms with van der Waals surface area (Å²) >= 11 is 0. The number of Topliss-reactive ketones (excluding diaryl/α,β-unsaturated/α-hetero) is 1. The van der Waals surface area contributed by atoms with Gasteiger partial charge < -0.3 is 24.4 Å². The lowest BCUT2D eigenvalue weighted by molar-refractivity contribution is -0.157. The molecule has 2 fully saturated rings. The van der Waals surface area contributed by atoms with Gasteiger partial charge in [-0.25, -0.2) is 9.59 Å². The van der Waals surface area contributed by atoms with Gasteiger partial charge in [0.1, 0.15) is 18.3 Å². The monoisotopic (exact) mass is 502 g/mol. The fraction of sp³-hybridized carbons (Fsp3) is 0.556. The first-order valence-corrected chi connectivity index (χ1v) is 12.0. The molecule has 196 valence electrons. The molecule has 0 spiro atoms. The fourth-order valence-corrected chi connectivity index (χ4v) is 5.72. The van der Waals surface area contributed by atoms with E-state index in [1.807, 2.05) is 6.92 Å². The molecule has 3 aliphatic rings. The Bertz CT molecular complexity index is 1060. The average Bonchev–Trinajstić information content (AvgIpc) is 3.23. The van der Waals surface area contributed by atoms with Crippen molar-refractivity contribution < 1.29 is 43.6 Å². The number of rotatable bonds is 7. The summed E-state index contributed by atoms with van der Waals surface area (Å²) in [6.07, 6.45) is 1.84. The zero-order valence-electron chi connectivity index (χ0n) is 21.3. The summed E-state index contributed by atoms with van der Waals surface area (Å²) in [5.74, 6) is -4.17. The zero-order valence-corrected chi connectivity index (χ0v) is 21.3. The van der Waals surface area contributed by atoms with Gasteiger partial charge in [0.25, 0.3) is 0 Å². The Hall–Kier alpha value is -3.04. The first-order chi connectivity index (χ1) is 16.9. The Labute approximate surface area is 210 Å². The number of ketones is 1. The van der Waals surface area contributed by atoms with Crippen molar-refractivity contribution in [2.24, 2.45) is 17.8 Å². The van der Waals surface area contributed by atoms with Gasteiger partial charge in [0.05, 0.1) is 18.1 Å². The molecule has 0 unspecified atom stereocenters. The Morgan fingerprint density at radius 3 is 2.39 bits per heavy atom. The van der Waals surface area contributed by atoms with Crippen LogP contribution in [0.3, 0.4) is 0 Å². The van der Waals surface area contributed by atoms with Crippen molar-refractivity contribution in [1.29, 1.82) is 0 Å². The molecule has 0 radical (unpaired) electrons. The summed E-state index contributed by atoms with van der Waals surface area (Å²) in [7, 11) is 0. The van der Waals surface area contributed by atoms with Crippen LogP contribution in [0, 0.1) is 17.8 Å². The molecule has 1 aliphatic heterocycles. The molecule has 36 heavy (non-hydrogen) atoms. The summed E-state index contributed by atoms with van der Waals surface area (Å²) < 4.78 is 17.0. The van der Waals surface area contributed by atoms with E-state index < -0.39 is 72.0 Å². The predicted molar refractivity (Wildman–Crippen MR) is 128 cm³/mol. The van der Waals surface area contributed by atoms with E-state index in [0.29, 0.717) is 0 Å². The maximum Gasteiger partial charge on any atom is 0.334 e. The number of aliphatic hydroxyl groups is 2. The normalized spacial score (nSPS) is 34.2. The number of carbonyl (C=O) groups is 4. The topological polar surface area (TPSA) is 136 Å². The maximum absolute atomic E-state index is 13.2. The number of ether oxygens (including phenoxy) is 3. The second-order valence-electron chi connectivity index (χ2n) is 9.85. The Balaban J connectivity index is 1.94. The summed E-state index contributed by atoms with van der Waals surface area (Å²) in [6.45, 7) is 11.3. The molecule has 1 saturated carbocycles. The SMILES string of the molecule is C=C1C(=O)O[C@H]2[C@H]3C(C)=C[C@H](OC(C)=O)[C@H]3[C@](C)(O)C[C@H](OC(=O)C(=CC)CC(=O)C(=CC)CO)[C@@H]12. The number of hydrogen-bond donors (Lipinski definition) is 2. The lowest BCUT2D eigenvalue weighted by atomic mass is 9.75. The van der Waals surface area contributed by atoms with Crippen molar-refractivity contribution in [3.8, 4) is 0 Å². The minimum absolute atomic E-state index is 0.0721. The van der Waals surface area contributed by atoms with Gasteiger partial charge in [-0.1, -0.05) is 24.3 Å². The van der Waals surface area contributed by atoms with Gasteiger partial charge in [0, 0.05) is 48.3 Å². The van der Waals surface area contributed by atoms with Crippen LogP contribution in [0.15, 0.2) is 47.1 Å².